The highest BCUT2D eigenvalue weighted by Gasteiger charge is 2.14. The van der Waals surface area contributed by atoms with Crippen LogP contribution in [0.4, 0.5) is 5.82 Å². The van der Waals surface area contributed by atoms with E-state index in [4.69, 9.17) is 0 Å². The van der Waals surface area contributed by atoms with E-state index >= 15 is 0 Å². The van der Waals surface area contributed by atoms with Crippen molar-refractivity contribution in [3.8, 4) is 5.82 Å². The molecular weight excluding hydrogens is 258 g/mol. The number of nitrogens with one attached hydrogen (secondary N) is 1. The summed E-state index contributed by atoms with van der Waals surface area (Å²) in [5, 5.41) is 3.89. The summed E-state index contributed by atoms with van der Waals surface area (Å²) in [6.07, 6.45) is 4.04. The van der Waals surface area contributed by atoms with Crippen molar-refractivity contribution in [3.05, 3.63) is 25.0 Å². The monoisotopic (exact) mass is 269 g/mol. The standard InChI is InChI=1S/C8H11N7O2S/c1-14(2)18(16,17)13-7-3-8(11-5-10-7)15-6-9-4-12-15/h3-6H,1-2H3,(H,10,11,13). The van der Waals surface area contributed by atoms with Crippen molar-refractivity contribution in [2.45, 2.75) is 0 Å². The van der Waals surface area contributed by atoms with E-state index in [1.165, 1.54) is 43.8 Å². The predicted molar refractivity (Wildman–Crippen MR) is 63.2 cm³/mol. The first-order valence-electron chi connectivity index (χ1n) is 4.86. The molecule has 2 heterocycles. The molecule has 0 saturated carbocycles. The maximum atomic E-state index is 11.6. The van der Waals surface area contributed by atoms with Crippen LogP contribution in [0.25, 0.3) is 5.82 Å². The summed E-state index contributed by atoms with van der Waals surface area (Å²) < 4.78 is 28.0. The third-order valence-electron chi connectivity index (χ3n) is 2.02. The summed E-state index contributed by atoms with van der Waals surface area (Å²) in [5.74, 6) is 0.572. The molecule has 0 aliphatic carbocycles. The van der Waals surface area contributed by atoms with Crippen LogP contribution in [0.5, 0.6) is 0 Å². The minimum Gasteiger partial charge on any atom is -0.254 e. The zero-order valence-corrected chi connectivity index (χ0v) is 10.5. The second kappa shape index (κ2) is 4.66. The zero-order chi connectivity index (χ0) is 13.2. The molecule has 0 atom stereocenters. The average molecular weight is 269 g/mol. The second-order valence-electron chi connectivity index (χ2n) is 3.49. The largest absolute Gasteiger partial charge is 0.302 e. The SMILES string of the molecule is CN(C)S(=O)(=O)Nc1cc(-n2cncn2)ncn1. The van der Waals surface area contributed by atoms with E-state index in [0.717, 1.165) is 4.31 Å². The van der Waals surface area contributed by atoms with Gasteiger partial charge in [0.2, 0.25) is 0 Å². The van der Waals surface area contributed by atoms with Gasteiger partial charge in [0.15, 0.2) is 5.82 Å². The van der Waals surface area contributed by atoms with Crippen LogP contribution in [0.3, 0.4) is 0 Å². The molecule has 96 valence electrons. The summed E-state index contributed by atoms with van der Waals surface area (Å²) >= 11 is 0. The molecule has 18 heavy (non-hydrogen) atoms. The van der Waals surface area contributed by atoms with Gasteiger partial charge in [0.25, 0.3) is 0 Å². The van der Waals surface area contributed by atoms with Crippen LogP contribution in [0.1, 0.15) is 0 Å². The minimum absolute atomic E-state index is 0.157. The van der Waals surface area contributed by atoms with E-state index in [9.17, 15) is 8.42 Å². The fourth-order valence-electron chi connectivity index (χ4n) is 1.08. The molecule has 0 aliphatic heterocycles. The van der Waals surface area contributed by atoms with Gasteiger partial charge in [0.05, 0.1) is 0 Å². The van der Waals surface area contributed by atoms with E-state index < -0.39 is 10.2 Å². The van der Waals surface area contributed by atoms with Crippen molar-refractivity contribution in [2.24, 2.45) is 0 Å². The molecule has 2 rings (SSSR count). The maximum Gasteiger partial charge on any atom is 0.302 e. The molecule has 2 aromatic heterocycles. The minimum atomic E-state index is -3.59. The maximum absolute atomic E-state index is 11.6. The van der Waals surface area contributed by atoms with Gasteiger partial charge in [-0.15, -0.1) is 0 Å². The van der Waals surface area contributed by atoms with Gasteiger partial charge in [-0.1, -0.05) is 0 Å². The highest BCUT2D eigenvalue weighted by molar-refractivity contribution is 7.90. The van der Waals surface area contributed by atoms with Gasteiger partial charge < -0.3 is 0 Å². The Morgan fingerprint density at radius 1 is 1.28 bits per heavy atom. The Bertz CT molecular complexity index is 623. The van der Waals surface area contributed by atoms with Crippen molar-refractivity contribution >= 4 is 16.0 Å². The topological polar surface area (TPSA) is 106 Å². The lowest BCUT2D eigenvalue weighted by Gasteiger charge is -2.12. The van der Waals surface area contributed by atoms with Crippen LogP contribution < -0.4 is 4.72 Å². The molecule has 10 heteroatoms. The van der Waals surface area contributed by atoms with Gasteiger partial charge in [0, 0.05) is 20.2 Å². The predicted octanol–water partition coefficient (Wildman–Crippen LogP) is -0.724. The lowest BCUT2D eigenvalue weighted by molar-refractivity contribution is 0.526. The Labute approximate surface area is 104 Å². The molecule has 9 nitrogen and oxygen atoms in total. The molecule has 2 aromatic rings. The Balaban J connectivity index is 2.29. The molecular formula is C8H11N7O2S. The molecule has 0 amide bonds. The summed E-state index contributed by atoms with van der Waals surface area (Å²) in [6, 6.07) is 1.45. The normalized spacial score (nSPS) is 11.7. The van der Waals surface area contributed by atoms with Crippen molar-refractivity contribution in [1.82, 2.24) is 29.0 Å². The lowest BCUT2D eigenvalue weighted by Crippen LogP contribution is -2.29. The number of nitrogens with zero attached hydrogens (tertiary/aromatic N) is 6. The Kier molecular flexibility index (Phi) is 3.21. The zero-order valence-electron chi connectivity index (χ0n) is 9.72. The van der Waals surface area contributed by atoms with Gasteiger partial charge >= 0.3 is 10.2 Å². The number of rotatable bonds is 4. The molecule has 0 saturated heterocycles. The van der Waals surface area contributed by atoms with E-state index in [1.807, 2.05) is 0 Å². The summed E-state index contributed by atoms with van der Waals surface area (Å²) in [5.41, 5.74) is 0. The molecule has 0 fully saturated rings. The summed E-state index contributed by atoms with van der Waals surface area (Å²) in [7, 11) is -0.752. The third kappa shape index (κ3) is 2.60. The number of hydrogen-bond donors (Lipinski definition) is 1. The Hall–Kier alpha value is -2.07. The molecule has 0 bridgehead atoms. The van der Waals surface area contributed by atoms with Crippen LogP contribution in [-0.2, 0) is 10.2 Å². The van der Waals surface area contributed by atoms with Gasteiger partial charge in [-0.05, 0) is 0 Å². The van der Waals surface area contributed by atoms with Crippen molar-refractivity contribution in [2.75, 3.05) is 18.8 Å². The fourth-order valence-corrected chi connectivity index (χ4v) is 1.64. The Morgan fingerprint density at radius 3 is 2.67 bits per heavy atom. The molecule has 0 aliphatic rings. The van der Waals surface area contributed by atoms with Crippen LogP contribution >= 0.6 is 0 Å². The third-order valence-corrected chi connectivity index (χ3v) is 3.45. The average Bonchev–Trinajstić information content (AvgIpc) is 2.82. The summed E-state index contributed by atoms with van der Waals surface area (Å²) in [6.45, 7) is 0. The van der Waals surface area contributed by atoms with Gasteiger partial charge in [-0.25, -0.2) is 19.6 Å². The van der Waals surface area contributed by atoms with E-state index in [1.54, 1.807) is 0 Å². The first-order chi connectivity index (χ1) is 8.49. The van der Waals surface area contributed by atoms with Gasteiger partial charge in [-0.2, -0.15) is 17.8 Å². The number of anilines is 1. The van der Waals surface area contributed by atoms with E-state index in [2.05, 4.69) is 24.8 Å². The first-order valence-corrected chi connectivity index (χ1v) is 6.30. The first kappa shape index (κ1) is 12.4. The van der Waals surface area contributed by atoms with Gasteiger partial charge in [0.1, 0.15) is 24.8 Å². The van der Waals surface area contributed by atoms with Crippen LogP contribution in [0.15, 0.2) is 25.0 Å². The molecule has 1 N–H and O–H groups in total. The van der Waals surface area contributed by atoms with Crippen LogP contribution in [0.2, 0.25) is 0 Å². The summed E-state index contributed by atoms with van der Waals surface area (Å²) in [4.78, 5) is 11.6. The molecule has 0 radical (unpaired) electrons. The van der Waals surface area contributed by atoms with E-state index in [-0.39, 0.29) is 5.82 Å². The van der Waals surface area contributed by atoms with Crippen molar-refractivity contribution in [1.29, 1.82) is 0 Å². The number of aromatic nitrogens is 5. The van der Waals surface area contributed by atoms with Crippen LogP contribution in [-0.4, -0.2) is 51.6 Å². The highest BCUT2D eigenvalue weighted by Crippen LogP contribution is 2.09. The van der Waals surface area contributed by atoms with Crippen molar-refractivity contribution < 1.29 is 8.42 Å². The molecule has 0 unspecified atom stereocenters. The number of hydrogen-bond acceptors (Lipinski definition) is 6. The van der Waals surface area contributed by atoms with Gasteiger partial charge in [-0.3, -0.25) is 4.72 Å². The fraction of sp³-hybridized carbons (Fsp3) is 0.250. The van der Waals surface area contributed by atoms with Crippen molar-refractivity contribution in [3.63, 3.8) is 0 Å². The van der Waals surface area contributed by atoms with Crippen LogP contribution in [0, 0.1) is 0 Å². The Morgan fingerprint density at radius 2 is 2.06 bits per heavy atom. The molecule has 0 aromatic carbocycles. The second-order valence-corrected chi connectivity index (χ2v) is 5.38. The molecule has 0 spiro atoms. The lowest BCUT2D eigenvalue weighted by atomic mass is 10.5. The van der Waals surface area contributed by atoms with E-state index in [0.29, 0.717) is 5.82 Å². The highest BCUT2D eigenvalue weighted by atomic mass is 32.2. The smallest absolute Gasteiger partial charge is 0.254 e. The quantitative estimate of drug-likeness (QED) is 0.784.